The Labute approximate surface area is 79.2 Å². The molecular formula is C10H7BrO. The highest BCUT2D eigenvalue weighted by molar-refractivity contribution is 9.10. The minimum Gasteiger partial charge on any atom is -0.472 e. The minimum atomic E-state index is 1.09. The number of benzene rings is 1. The van der Waals surface area contributed by atoms with E-state index >= 15 is 0 Å². The highest BCUT2D eigenvalue weighted by Gasteiger charge is 1.96. The first-order valence-corrected chi connectivity index (χ1v) is 4.44. The molecule has 0 bridgehead atoms. The molecule has 0 fully saturated rings. The van der Waals surface area contributed by atoms with Gasteiger partial charge >= 0.3 is 0 Å². The second kappa shape index (κ2) is 3.15. The van der Waals surface area contributed by atoms with Gasteiger partial charge in [0.1, 0.15) is 0 Å². The van der Waals surface area contributed by atoms with Gasteiger partial charge in [0.15, 0.2) is 0 Å². The number of rotatable bonds is 1. The van der Waals surface area contributed by atoms with E-state index in [4.69, 9.17) is 4.42 Å². The van der Waals surface area contributed by atoms with Crippen molar-refractivity contribution < 1.29 is 4.42 Å². The third-order valence-corrected chi connectivity index (χ3v) is 2.23. The lowest BCUT2D eigenvalue weighted by atomic mass is 10.1. The first kappa shape index (κ1) is 7.62. The van der Waals surface area contributed by atoms with Gasteiger partial charge in [0.2, 0.25) is 0 Å². The van der Waals surface area contributed by atoms with Crippen molar-refractivity contribution in [3.63, 3.8) is 0 Å². The molecule has 0 amide bonds. The second-order valence-electron chi connectivity index (χ2n) is 2.52. The maximum atomic E-state index is 4.99. The Morgan fingerprint density at radius 3 is 2.25 bits per heavy atom. The van der Waals surface area contributed by atoms with Gasteiger partial charge in [-0.25, -0.2) is 0 Å². The molecule has 12 heavy (non-hydrogen) atoms. The van der Waals surface area contributed by atoms with Crippen LogP contribution in [-0.4, -0.2) is 0 Å². The molecule has 0 saturated heterocycles. The summed E-state index contributed by atoms with van der Waals surface area (Å²) < 4.78 is 6.08. The molecule has 0 aliphatic carbocycles. The van der Waals surface area contributed by atoms with E-state index in [1.165, 1.54) is 5.56 Å². The lowest BCUT2D eigenvalue weighted by Crippen LogP contribution is -1.71. The molecule has 60 valence electrons. The van der Waals surface area contributed by atoms with Crippen molar-refractivity contribution >= 4 is 15.9 Å². The Morgan fingerprint density at radius 2 is 1.67 bits per heavy atom. The van der Waals surface area contributed by atoms with E-state index in [-0.39, 0.29) is 0 Å². The van der Waals surface area contributed by atoms with Crippen LogP contribution >= 0.6 is 15.9 Å². The molecule has 0 N–H and O–H groups in total. The standard InChI is InChI=1S/C10H7BrO/c11-10-3-1-8(2-4-10)9-5-6-12-7-9/h1-7H. The number of furan rings is 1. The van der Waals surface area contributed by atoms with Gasteiger partial charge in [-0.2, -0.15) is 0 Å². The monoisotopic (exact) mass is 222 g/mol. The maximum absolute atomic E-state index is 4.99. The summed E-state index contributed by atoms with van der Waals surface area (Å²) in [7, 11) is 0. The summed E-state index contributed by atoms with van der Waals surface area (Å²) in [4.78, 5) is 0. The Bertz CT molecular complexity index is 348. The lowest BCUT2D eigenvalue weighted by molar-refractivity contribution is 0.568. The van der Waals surface area contributed by atoms with E-state index in [0.717, 1.165) is 10.0 Å². The highest BCUT2D eigenvalue weighted by Crippen LogP contribution is 2.21. The predicted molar refractivity (Wildman–Crippen MR) is 51.8 cm³/mol. The van der Waals surface area contributed by atoms with E-state index in [2.05, 4.69) is 28.1 Å². The van der Waals surface area contributed by atoms with Crippen LogP contribution in [0.1, 0.15) is 0 Å². The molecule has 0 aliphatic heterocycles. The Morgan fingerprint density at radius 1 is 0.917 bits per heavy atom. The fourth-order valence-corrected chi connectivity index (χ4v) is 1.34. The maximum Gasteiger partial charge on any atom is 0.0980 e. The fourth-order valence-electron chi connectivity index (χ4n) is 1.07. The van der Waals surface area contributed by atoms with Crippen molar-refractivity contribution in [2.24, 2.45) is 0 Å². The zero-order valence-electron chi connectivity index (χ0n) is 6.33. The van der Waals surface area contributed by atoms with Crippen molar-refractivity contribution in [3.05, 3.63) is 47.3 Å². The topological polar surface area (TPSA) is 13.1 Å². The largest absolute Gasteiger partial charge is 0.472 e. The highest BCUT2D eigenvalue weighted by atomic mass is 79.9. The fraction of sp³-hybridized carbons (Fsp3) is 0. The van der Waals surface area contributed by atoms with Crippen LogP contribution in [0.5, 0.6) is 0 Å². The predicted octanol–water partition coefficient (Wildman–Crippen LogP) is 3.71. The molecule has 1 aromatic carbocycles. The third-order valence-electron chi connectivity index (χ3n) is 1.70. The summed E-state index contributed by atoms with van der Waals surface area (Å²) in [5.41, 5.74) is 2.29. The van der Waals surface area contributed by atoms with Crippen LogP contribution in [0.3, 0.4) is 0 Å². The molecule has 2 aromatic rings. The smallest absolute Gasteiger partial charge is 0.0980 e. The Balaban J connectivity index is 2.43. The lowest BCUT2D eigenvalue weighted by Gasteiger charge is -1.95. The molecule has 0 spiro atoms. The van der Waals surface area contributed by atoms with Crippen LogP contribution in [0.25, 0.3) is 11.1 Å². The molecule has 0 saturated carbocycles. The van der Waals surface area contributed by atoms with Crippen molar-refractivity contribution in [1.29, 1.82) is 0 Å². The molecule has 0 aliphatic rings. The first-order valence-electron chi connectivity index (χ1n) is 3.64. The van der Waals surface area contributed by atoms with E-state index in [1.807, 2.05) is 18.2 Å². The van der Waals surface area contributed by atoms with Crippen molar-refractivity contribution in [1.82, 2.24) is 0 Å². The van der Waals surface area contributed by atoms with Gasteiger partial charge in [-0.05, 0) is 23.8 Å². The molecule has 1 nitrogen and oxygen atoms in total. The van der Waals surface area contributed by atoms with Crippen LogP contribution in [0.15, 0.2) is 51.7 Å². The molecule has 1 aromatic heterocycles. The van der Waals surface area contributed by atoms with Crippen LogP contribution in [0.2, 0.25) is 0 Å². The summed E-state index contributed by atoms with van der Waals surface area (Å²) >= 11 is 3.39. The molecule has 0 radical (unpaired) electrons. The zero-order valence-corrected chi connectivity index (χ0v) is 7.91. The van der Waals surface area contributed by atoms with Crippen molar-refractivity contribution in [2.45, 2.75) is 0 Å². The van der Waals surface area contributed by atoms with Crippen LogP contribution in [-0.2, 0) is 0 Å². The van der Waals surface area contributed by atoms with E-state index in [1.54, 1.807) is 12.5 Å². The molecule has 2 heteroatoms. The summed E-state index contributed by atoms with van der Waals surface area (Å²) in [5.74, 6) is 0. The number of hydrogen-bond acceptors (Lipinski definition) is 1. The molecule has 0 unspecified atom stereocenters. The molecular weight excluding hydrogens is 216 g/mol. The van der Waals surface area contributed by atoms with Gasteiger partial charge in [0, 0.05) is 10.0 Å². The van der Waals surface area contributed by atoms with Crippen LogP contribution in [0.4, 0.5) is 0 Å². The zero-order chi connectivity index (χ0) is 8.39. The first-order chi connectivity index (χ1) is 5.86. The van der Waals surface area contributed by atoms with E-state index in [9.17, 15) is 0 Å². The number of hydrogen-bond donors (Lipinski definition) is 0. The third kappa shape index (κ3) is 1.43. The van der Waals surface area contributed by atoms with Crippen LogP contribution < -0.4 is 0 Å². The Hall–Kier alpha value is -1.02. The molecule has 2 rings (SSSR count). The summed E-state index contributed by atoms with van der Waals surface area (Å²) in [6, 6.07) is 10.1. The minimum absolute atomic E-state index is 1.09. The van der Waals surface area contributed by atoms with Crippen molar-refractivity contribution in [2.75, 3.05) is 0 Å². The quantitative estimate of drug-likeness (QED) is 0.718. The van der Waals surface area contributed by atoms with E-state index in [0.29, 0.717) is 0 Å². The SMILES string of the molecule is Brc1ccc(-c2ccoc2)cc1. The Kier molecular flexibility index (Phi) is 2.00. The number of halogens is 1. The summed E-state index contributed by atoms with van der Waals surface area (Å²) in [6.45, 7) is 0. The molecule has 1 heterocycles. The second-order valence-corrected chi connectivity index (χ2v) is 3.43. The summed E-state index contributed by atoms with van der Waals surface area (Å²) in [6.07, 6.45) is 3.42. The average molecular weight is 223 g/mol. The summed E-state index contributed by atoms with van der Waals surface area (Å²) in [5, 5.41) is 0. The van der Waals surface area contributed by atoms with Gasteiger partial charge in [-0.3, -0.25) is 0 Å². The van der Waals surface area contributed by atoms with Crippen LogP contribution in [0, 0.1) is 0 Å². The average Bonchev–Trinajstić information content (AvgIpc) is 2.58. The van der Waals surface area contributed by atoms with Gasteiger partial charge in [-0.15, -0.1) is 0 Å². The van der Waals surface area contributed by atoms with Gasteiger partial charge in [0.25, 0.3) is 0 Å². The normalized spacial score (nSPS) is 10.1. The van der Waals surface area contributed by atoms with Gasteiger partial charge in [-0.1, -0.05) is 28.1 Å². The van der Waals surface area contributed by atoms with E-state index < -0.39 is 0 Å². The van der Waals surface area contributed by atoms with Gasteiger partial charge < -0.3 is 4.42 Å². The van der Waals surface area contributed by atoms with Crippen molar-refractivity contribution in [3.8, 4) is 11.1 Å². The van der Waals surface area contributed by atoms with Gasteiger partial charge in [0.05, 0.1) is 12.5 Å². The molecule has 0 atom stereocenters.